The molecular formula is C20H29NO8. The van der Waals surface area contributed by atoms with Crippen LogP contribution in [-0.2, 0) is 24.7 Å². The smallest absolute Gasteiger partial charge is 0.408 e. The lowest BCUT2D eigenvalue weighted by molar-refractivity contribution is -0.158. The number of carboxylic acids is 1. The molecule has 0 radical (unpaired) electrons. The Labute approximate surface area is 170 Å². The lowest BCUT2D eigenvalue weighted by Crippen LogP contribution is -2.45. The van der Waals surface area contributed by atoms with Crippen LogP contribution in [0.15, 0.2) is 18.2 Å². The van der Waals surface area contributed by atoms with Gasteiger partial charge in [0.1, 0.15) is 28.7 Å². The molecule has 1 atom stereocenters. The molecule has 0 aliphatic carbocycles. The third-order valence-corrected chi connectivity index (χ3v) is 3.78. The van der Waals surface area contributed by atoms with Gasteiger partial charge in [-0.3, -0.25) is 4.79 Å². The molecule has 0 spiro atoms. The molecular weight excluding hydrogens is 382 g/mol. The summed E-state index contributed by atoms with van der Waals surface area (Å²) in [4.78, 5) is 35.6. The molecule has 29 heavy (non-hydrogen) atoms. The van der Waals surface area contributed by atoms with Crippen LogP contribution in [0.3, 0.4) is 0 Å². The van der Waals surface area contributed by atoms with Crippen molar-refractivity contribution in [2.24, 2.45) is 0 Å². The topological polar surface area (TPSA) is 120 Å². The fourth-order valence-corrected chi connectivity index (χ4v) is 2.37. The Kier molecular flexibility index (Phi) is 7.87. The highest BCUT2D eigenvalue weighted by Crippen LogP contribution is 2.32. The SMILES string of the molecule is COc1cc(OC)cc(C(C)(C)OC(=O)N[C@@H](CC(=O)OC(C)(C)C)C(=O)O)c1. The van der Waals surface area contributed by atoms with Crippen LogP contribution in [-0.4, -0.2) is 49.0 Å². The van der Waals surface area contributed by atoms with Gasteiger partial charge in [-0.05, 0) is 46.8 Å². The number of carbonyl (C=O) groups excluding carboxylic acids is 2. The van der Waals surface area contributed by atoms with Gasteiger partial charge in [-0.25, -0.2) is 9.59 Å². The number of ether oxygens (including phenoxy) is 4. The van der Waals surface area contributed by atoms with E-state index in [-0.39, 0.29) is 0 Å². The molecule has 0 saturated heterocycles. The number of hydrogen-bond acceptors (Lipinski definition) is 7. The van der Waals surface area contributed by atoms with E-state index in [2.05, 4.69) is 5.32 Å². The van der Waals surface area contributed by atoms with Gasteiger partial charge in [-0.1, -0.05) is 0 Å². The second kappa shape index (κ2) is 9.49. The van der Waals surface area contributed by atoms with E-state index < -0.39 is 41.7 Å². The third kappa shape index (κ3) is 7.89. The summed E-state index contributed by atoms with van der Waals surface area (Å²) in [6.45, 7) is 8.24. The molecule has 1 amide bonds. The molecule has 2 N–H and O–H groups in total. The Morgan fingerprint density at radius 3 is 1.90 bits per heavy atom. The fraction of sp³-hybridized carbons (Fsp3) is 0.550. The van der Waals surface area contributed by atoms with Gasteiger partial charge in [0.05, 0.1) is 20.6 Å². The summed E-state index contributed by atoms with van der Waals surface area (Å²) in [5.74, 6) is -1.12. The minimum Gasteiger partial charge on any atom is -0.497 e. The molecule has 1 rings (SSSR count). The first-order valence-corrected chi connectivity index (χ1v) is 8.95. The zero-order valence-electron chi connectivity index (χ0n) is 17.8. The number of methoxy groups -OCH3 is 2. The second-order valence-corrected chi connectivity index (χ2v) is 7.83. The van der Waals surface area contributed by atoms with Crippen LogP contribution in [0.25, 0.3) is 0 Å². The van der Waals surface area contributed by atoms with E-state index in [0.717, 1.165) is 0 Å². The van der Waals surface area contributed by atoms with Gasteiger partial charge in [0.25, 0.3) is 0 Å². The number of esters is 1. The zero-order chi connectivity index (χ0) is 22.4. The lowest BCUT2D eigenvalue weighted by atomic mass is 9.97. The molecule has 1 aromatic rings. The van der Waals surface area contributed by atoms with E-state index in [1.165, 1.54) is 14.2 Å². The summed E-state index contributed by atoms with van der Waals surface area (Å²) in [5, 5.41) is 11.5. The van der Waals surface area contributed by atoms with Crippen LogP contribution in [0.2, 0.25) is 0 Å². The minimum atomic E-state index is -1.49. The number of amides is 1. The molecule has 0 aliphatic heterocycles. The minimum absolute atomic E-state index is 0.504. The van der Waals surface area contributed by atoms with Gasteiger partial charge in [-0.2, -0.15) is 0 Å². The Bertz CT molecular complexity index is 729. The molecule has 9 heteroatoms. The predicted molar refractivity (Wildman–Crippen MR) is 104 cm³/mol. The van der Waals surface area contributed by atoms with E-state index in [9.17, 15) is 19.5 Å². The van der Waals surface area contributed by atoms with E-state index in [0.29, 0.717) is 17.1 Å². The maximum absolute atomic E-state index is 12.3. The predicted octanol–water partition coefficient (Wildman–Crippen LogP) is 2.85. The van der Waals surface area contributed by atoms with Gasteiger partial charge < -0.3 is 29.4 Å². The first-order valence-electron chi connectivity index (χ1n) is 8.95. The van der Waals surface area contributed by atoms with Gasteiger partial charge >= 0.3 is 18.0 Å². The summed E-state index contributed by atoms with van der Waals surface area (Å²) < 4.78 is 20.9. The summed E-state index contributed by atoms with van der Waals surface area (Å²) in [7, 11) is 2.99. The van der Waals surface area contributed by atoms with Gasteiger partial charge in [0.15, 0.2) is 0 Å². The van der Waals surface area contributed by atoms with Crippen molar-refractivity contribution < 1.29 is 38.4 Å². The van der Waals surface area contributed by atoms with E-state index >= 15 is 0 Å². The zero-order valence-corrected chi connectivity index (χ0v) is 17.8. The molecule has 0 heterocycles. The number of aliphatic carboxylic acids is 1. The van der Waals surface area contributed by atoms with Crippen molar-refractivity contribution in [3.05, 3.63) is 23.8 Å². The van der Waals surface area contributed by atoms with E-state index in [1.54, 1.807) is 52.8 Å². The molecule has 0 fully saturated rings. The summed E-state index contributed by atoms with van der Waals surface area (Å²) in [5.41, 5.74) is -1.34. The molecule has 0 aliphatic rings. The Morgan fingerprint density at radius 2 is 1.48 bits per heavy atom. The molecule has 0 bridgehead atoms. The number of nitrogens with one attached hydrogen (secondary N) is 1. The van der Waals surface area contributed by atoms with Crippen LogP contribution in [0.4, 0.5) is 4.79 Å². The van der Waals surface area contributed by atoms with Crippen molar-refractivity contribution in [1.82, 2.24) is 5.32 Å². The van der Waals surface area contributed by atoms with Gasteiger partial charge in [-0.15, -0.1) is 0 Å². The van der Waals surface area contributed by atoms with Crippen LogP contribution in [0.1, 0.15) is 46.6 Å². The Balaban J connectivity index is 2.89. The third-order valence-electron chi connectivity index (χ3n) is 3.78. The van der Waals surface area contributed by atoms with Crippen LogP contribution in [0.5, 0.6) is 11.5 Å². The Morgan fingerprint density at radius 1 is 0.966 bits per heavy atom. The highest BCUT2D eigenvalue weighted by molar-refractivity contribution is 5.85. The molecule has 0 unspecified atom stereocenters. The van der Waals surface area contributed by atoms with E-state index in [1.807, 2.05) is 0 Å². The average molecular weight is 411 g/mol. The summed E-state index contributed by atoms with van der Waals surface area (Å²) >= 11 is 0. The molecule has 0 saturated carbocycles. The summed E-state index contributed by atoms with van der Waals surface area (Å²) in [6.07, 6.45) is -1.53. The Hall–Kier alpha value is -2.97. The van der Waals surface area contributed by atoms with Crippen molar-refractivity contribution in [3.63, 3.8) is 0 Å². The number of rotatable bonds is 8. The molecule has 9 nitrogen and oxygen atoms in total. The maximum atomic E-state index is 12.3. The molecule has 1 aromatic carbocycles. The largest absolute Gasteiger partial charge is 0.497 e. The first kappa shape index (κ1) is 24.1. The van der Waals surface area contributed by atoms with Crippen LogP contribution in [0, 0.1) is 0 Å². The maximum Gasteiger partial charge on any atom is 0.408 e. The number of alkyl carbamates (subject to hydrolysis) is 1. The highest BCUT2D eigenvalue weighted by Gasteiger charge is 2.31. The average Bonchev–Trinajstić information content (AvgIpc) is 2.58. The normalized spacial score (nSPS) is 12.5. The highest BCUT2D eigenvalue weighted by atomic mass is 16.6. The number of carbonyl (C=O) groups is 3. The van der Waals surface area contributed by atoms with Crippen molar-refractivity contribution in [3.8, 4) is 11.5 Å². The molecule has 0 aromatic heterocycles. The fourth-order valence-electron chi connectivity index (χ4n) is 2.37. The van der Waals surface area contributed by atoms with E-state index in [4.69, 9.17) is 18.9 Å². The number of hydrogen-bond donors (Lipinski definition) is 2. The van der Waals surface area contributed by atoms with Gasteiger partial charge in [0.2, 0.25) is 0 Å². The first-order chi connectivity index (χ1) is 13.3. The number of benzene rings is 1. The van der Waals surface area contributed by atoms with Crippen molar-refractivity contribution in [1.29, 1.82) is 0 Å². The van der Waals surface area contributed by atoms with Crippen LogP contribution < -0.4 is 14.8 Å². The monoisotopic (exact) mass is 411 g/mol. The number of carboxylic acid groups (broad SMARTS) is 1. The standard InChI is InChI=1S/C20H29NO8/c1-19(2,3)28-16(22)11-15(17(23)24)21-18(25)29-20(4,5)12-8-13(26-6)10-14(9-12)27-7/h8-10,15H,11H2,1-7H3,(H,21,25)(H,23,24)/t15-/m0/s1. The van der Waals surface area contributed by atoms with Crippen molar-refractivity contribution in [2.75, 3.05) is 14.2 Å². The second-order valence-electron chi connectivity index (χ2n) is 7.83. The van der Waals surface area contributed by atoms with Gasteiger partial charge in [0, 0.05) is 11.6 Å². The lowest BCUT2D eigenvalue weighted by Gasteiger charge is -2.27. The molecule has 162 valence electrons. The van der Waals surface area contributed by atoms with Crippen molar-refractivity contribution >= 4 is 18.0 Å². The quantitative estimate of drug-likeness (QED) is 0.627. The van der Waals surface area contributed by atoms with Crippen LogP contribution >= 0.6 is 0 Å². The summed E-state index contributed by atoms with van der Waals surface area (Å²) in [6, 6.07) is 3.52. The van der Waals surface area contributed by atoms with Crippen molar-refractivity contribution in [2.45, 2.75) is 58.3 Å².